The average Bonchev–Trinajstić information content (AvgIpc) is 2.28. The van der Waals surface area contributed by atoms with Crippen molar-refractivity contribution in [2.75, 3.05) is 6.54 Å². The van der Waals surface area contributed by atoms with Crippen LogP contribution in [0.1, 0.15) is 17.3 Å². The second-order valence-corrected chi connectivity index (χ2v) is 4.94. The van der Waals surface area contributed by atoms with E-state index in [1.54, 1.807) is 0 Å². The van der Waals surface area contributed by atoms with Gasteiger partial charge in [0.25, 0.3) is 0 Å². The van der Waals surface area contributed by atoms with E-state index in [1.807, 2.05) is 0 Å². The zero-order valence-electron chi connectivity index (χ0n) is 9.40. The van der Waals surface area contributed by atoms with Crippen LogP contribution in [0, 0.1) is 17.7 Å². The van der Waals surface area contributed by atoms with E-state index in [1.165, 1.54) is 6.92 Å². The van der Waals surface area contributed by atoms with E-state index in [4.69, 9.17) is 5.11 Å². The van der Waals surface area contributed by atoms with Crippen LogP contribution in [0.5, 0.6) is 0 Å². The topological polar surface area (TPSA) is 83.5 Å². The van der Waals surface area contributed by atoms with Crippen LogP contribution >= 0.6 is 0 Å². The summed E-state index contributed by atoms with van der Waals surface area (Å²) in [7, 11) is -4.03. The SMILES string of the molecule is CC#CCNS(=O)(=O)c1ccc(C(=O)O)cc1F. The van der Waals surface area contributed by atoms with Gasteiger partial charge in [-0.15, -0.1) is 5.92 Å². The number of carbonyl (C=O) groups is 1. The van der Waals surface area contributed by atoms with Crippen LogP contribution in [0.25, 0.3) is 0 Å². The Hall–Kier alpha value is -1.91. The number of aromatic carboxylic acids is 1. The van der Waals surface area contributed by atoms with Gasteiger partial charge in [0.2, 0.25) is 10.0 Å². The first-order chi connectivity index (χ1) is 8.38. The zero-order valence-corrected chi connectivity index (χ0v) is 10.2. The highest BCUT2D eigenvalue weighted by Crippen LogP contribution is 2.15. The van der Waals surface area contributed by atoms with Gasteiger partial charge < -0.3 is 5.11 Å². The third kappa shape index (κ3) is 3.29. The number of nitrogens with one attached hydrogen (secondary N) is 1. The van der Waals surface area contributed by atoms with Crippen molar-refractivity contribution in [3.8, 4) is 11.8 Å². The fraction of sp³-hybridized carbons (Fsp3) is 0.182. The van der Waals surface area contributed by atoms with Gasteiger partial charge in [0.1, 0.15) is 10.7 Å². The summed E-state index contributed by atoms with van der Waals surface area (Å²) in [5, 5.41) is 8.63. The van der Waals surface area contributed by atoms with Crippen LogP contribution in [-0.2, 0) is 10.0 Å². The molecule has 0 aliphatic rings. The first kappa shape index (κ1) is 14.2. The van der Waals surface area contributed by atoms with Crippen molar-refractivity contribution < 1.29 is 22.7 Å². The molecule has 0 aliphatic heterocycles. The summed E-state index contributed by atoms with van der Waals surface area (Å²) in [6.45, 7) is 1.40. The molecule has 0 unspecified atom stereocenters. The Morgan fingerprint density at radius 1 is 1.50 bits per heavy atom. The van der Waals surface area contributed by atoms with Crippen molar-refractivity contribution in [2.24, 2.45) is 0 Å². The molecule has 1 rings (SSSR count). The molecule has 18 heavy (non-hydrogen) atoms. The fourth-order valence-electron chi connectivity index (χ4n) is 1.15. The van der Waals surface area contributed by atoms with Gasteiger partial charge in [0.15, 0.2) is 0 Å². The maximum Gasteiger partial charge on any atom is 0.335 e. The average molecular weight is 271 g/mol. The minimum atomic E-state index is -4.03. The molecular formula is C11H10FNO4S. The highest BCUT2D eigenvalue weighted by Gasteiger charge is 2.19. The van der Waals surface area contributed by atoms with Gasteiger partial charge in [-0.25, -0.2) is 17.6 Å². The lowest BCUT2D eigenvalue weighted by Gasteiger charge is -2.05. The molecule has 0 saturated heterocycles. The van der Waals surface area contributed by atoms with Crippen LogP contribution in [0.15, 0.2) is 23.1 Å². The standard InChI is InChI=1S/C11H10FNO4S/c1-2-3-6-13-18(16,17)10-5-4-8(11(14)15)7-9(10)12/h4-5,7,13H,6H2,1H3,(H,14,15). The van der Waals surface area contributed by atoms with Gasteiger partial charge in [-0.3, -0.25) is 0 Å². The summed E-state index contributed by atoms with van der Waals surface area (Å²) >= 11 is 0. The van der Waals surface area contributed by atoms with E-state index in [0.717, 1.165) is 12.1 Å². The Labute approximate surface area is 104 Å². The highest BCUT2D eigenvalue weighted by molar-refractivity contribution is 7.89. The highest BCUT2D eigenvalue weighted by atomic mass is 32.2. The predicted molar refractivity (Wildman–Crippen MR) is 62.0 cm³/mol. The first-order valence-electron chi connectivity index (χ1n) is 4.80. The van der Waals surface area contributed by atoms with Crippen molar-refractivity contribution >= 4 is 16.0 Å². The van der Waals surface area contributed by atoms with Crippen LogP contribution in [-0.4, -0.2) is 26.0 Å². The molecule has 5 nitrogen and oxygen atoms in total. The molecule has 0 saturated carbocycles. The molecule has 0 atom stereocenters. The number of sulfonamides is 1. The third-order valence-corrected chi connectivity index (χ3v) is 3.43. The summed E-state index contributed by atoms with van der Waals surface area (Å²) in [5.74, 6) is 2.50. The van der Waals surface area contributed by atoms with Crippen LogP contribution in [0.2, 0.25) is 0 Å². The van der Waals surface area contributed by atoms with Crippen molar-refractivity contribution in [1.29, 1.82) is 0 Å². The molecule has 0 spiro atoms. The van der Waals surface area contributed by atoms with E-state index in [-0.39, 0.29) is 12.1 Å². The number of hydrogen-bond donors (Lipinski definition) is 2. The second kappa shape index (κ2) is 5.62. The lowest BCUT2D eigenvalue weighted by atomic mass is 10.2. The summed E-state index contributed by atoms with van der Waals surface area (Å²) in [6.07, 6.45) is 0. The minimum absolute atomic E-state index is 0.140. The fourth-order valence-corrected chi connectivity index (χ4v) is 2.13. The normalized spacial score (nSPS) is 10.6. The molecule has 2 N–H and O–H groups in total. The molecule has 0 heterocycles. The Morgan fingerprint density at radius 3 is 2.67 bits per heavy atom. The van der Waals surface area contributed by atoms with E-state index in [2.05, 4.69) is 16.6 Å². The predicted octanol–water partition coefficient (Wildman–Crippen LogP) is 0.825. The molecule has 0 radical (unpaired) electrons. The van der Waals surface area contributed by atoms with Gasteiger partial charge in [0.05, 0.1) is 12.1 Å². The van der Waals surface area contributed by atoms with Crippen LogP contribution < -0.4 is 4.72 Å². The zero-order chi connectivity index (χ0) is 13.8. The minimum Gasteiger partial charge on any atom is -0.478 e. The summed E-state index contributed by atoms with van der Waals surface area (Å²) in [5.41, 5.74) is -0.320. The molecule has 0 aromatic heterocycles. The number of halogens is 1. The van der Waals surface area contributed by atoms with Crippen molar-refractivity contribution in [1.82, 2.24) is 4.72 Å². The summed E-state index contributed by atoms with van der Waals surface area (Å²) < 4.78 is 38.9. The summed E-state index contributed by atoms with van der Waals surface area (Å²) in [6, 6.07) is 2.58. The monoisotopic (exact) mass is 271 g/mol. The van der Waals surface area contributed by atoms with Gasteiger partial charge >= 0.3 is 5.97 Å². The Morgan fingerprint density at radius 2 is 2.17 bits per heavy atom. The lowest BCUT2D eigenvalue weighted by molar-refractivity contribution is 0.0696. The first-order valence-corrected chi connectivity index (χ1v) is 6.29. The molecule has 1 aromatic carbocycles. The van der Waals surface area contributed by atoms with E-state index in [9.17, 15) is 17.6 Å². The van der Waals surface area contributed by atoms with Crippen molar-refractivity contribution in [3.63, 3.8) is 0 Å². The van der Waals surface area contributed by atoms with Crippen LogP contribution in [0.3, 0.4) is 0 Å². The number of carboxylic acid groups (broad SMARTS) is 1. The molecule has 0 aliphatic carbocycles. The quantitative estimate of drug-likeness (QED) is 0.794. The molecule has 7 heteroatoms. The lowest BCUT2D eigenvalue weighted by Crippen LogP contribution is -2.25. The number of rotatable bonds is 4. The Kier molecular flexibility index (Phi) is 4.42. The maximum absolute atomic E-state index is 13.5. The van der Waals surface area contributed by atoms with Gasteiger partial charge in [-0.1, -0.05) is 5.92 Å². The Balaban J connectivity index is 3.09. The van der Waals surface area contributed by atoms with E-state index < -0.39 is 26.7 Å². The molecule has 96 valence electrons. The third-order valence-electron chi connectivity index (χ3n) is 2.00. The smallest absolute Gasteiger partial charge is 0.335 e. The molecule has 0 amide bonds. The van der Waals surface area contributed by atoms with Crippen LogP contribution in [0.4, 0.5) is 4.39 Å². The van der Waals surface area contributed by atoms with Crippen molar-refractivity contribution in [2.45, 2.75) is 11.8 Å². The van der Waals surface area contributed by atoms with Gasteiger partial charge in [-0.2, -0.15) is 4.72 Å². The molecule has 0 bridgehead atoms. The maximum atomic E-state index is 13.5. The van der Waals surface area contributed by atoms with E-state index in [0.29, 0.717) is 6.07 Å². The second-order valence-electron chi connectivity index (χ2n) is 3.20. The molecule has 0 fully saturated rings. The molecule has 1 aromatic rings. The largest absolute Gasteiger partial charge is 0.478 e. The number of hydrogen-bond acceptors (Lipinski definition) is 3. The summed E-state index contributed by atoms with van der Waals surface area (Å²) in [4.78, 5) is 9.97. The Bertz CT molecular complexity index is 628. The number of benzene rings is 1. The van der Waals surface area contributed by atoms with Gasteiger partial charge in [0, 0.05) is 0 Å². The van der Waals surface area contributed by atoms with E-state index >= 15 is 0 Å². The van der Waals surface area contributed by atoms with Gasteiger partial charge in [-0.05, 0) is 25.1 Å². The van der Waals surface area contributed by atoms with Crippen molar-refractivity contribution in [3.05, 3.63) is 29.6 Å². The number of carboxylic acids is 1. The molecular weight excluding hydrogens is 261 g/mol.